The van der Waals surface area contributed by atoms with Crippen LogP contribution in [-0.4, -0.2) is 43.4 Å². The average Bonchev–Trinajstić information content (AvgIpc) is 3.49. The molecule has 6 nitrogen and oxygen atoms in total. The predicted octanol–water partition coefficient (Wildman–Crippen LogP) is 4.05. The fourth-order valence-electron chi connectivity index (χ4n) is 4.61. The Kier molecular flexibility index (Phi) is 5.02. The summed E-state index contributed by atoms with van der Waals surface area (Å²) in [4.78, 5) is 14.7. The van der Waals surface area contributed by atoms with Crippen LogP contribution in [0.2, 0.25) is 0 Å². The van der Waals surface area contributed by atoms with Gasteiger partial charge < -0.3 is 4.90 Å². The fourth-order valence-corrected chi connectivity index (χ4v) is 4.61. The number of carbonyl (C=O) groups is 1. The molecule has 1 fully saturated rings. The molecule has 2 aromatic heterocycles. The van der Waals surface area contributed by atoms with Crippen molar-refractivity contribution < 1.29 is 9.18 Å². The minimum Gasteiger partial charge on any atom is -0.339 e. The summed E-state index contributed by atoms with van der Waals surface area (Å²) in [5, 5.41) is 12.5. The molecule has 4 aromatic rings. The topological polar surface area (TPSA) is 66.8 Å². The van der Waals surface area contributed by atoms with Gasteiger partial charge in [-0.25, -0.2) is 4.39 Å². The van der Waals surface area contributed by atoms with E-state index < -0.39 is 0 Å². The van der Waals surface area contributed by atoms with Crippen LogP contribution in [0, 0.1) is 11.7 Å². The number of nitrogens with zero attached hydrogens (tertiary/aromatic N) is 4. The van der Waals surface area contributed by atoms with Crippen molar-refractivity contribution in [2.75, 3.05) is 6.54 Å². The van der Waals surface area contributed by atoms with Crippen molar-refractivity contribution in [3.8, 4) is 11.1 Å². The Morgan fingerprint density at radius 1 is 1.19 bits per heavy atom. The zero-order chi connectivity index (χ0) is 21.4. The molecule has 0 aliphatic carbocycles. The molecule has 0 saturated carbocycles. The average molecular weight is 417 g/mol. The predicted molar refractivity (Wildman–Crippen MR) is 117 cm³/mol. The Balaban J connectivity index is 1.27. The number of benzene rings is 2. The number of H-pyrrole nitrogens is 1. The fraction of sp³-hybridized carbons (Fsp3) is 0.292. The Labute approximate surface area is 179 Å². The van der Waals surface area contributed by atoms with Gasteiger partial charge in [0, 0.05) is 36.3 Å². The van der Waals surface area contributed by atoms with E-state index in [1.807, 2.05) is 22.0 Å². The highest BCUT2D eigenvalue weighted by Gasteiger charge is 2.32. The van der Waals surface area contributed by atoms with Gasteiger partial charge in [-0.15, -0.1) is 0 Å². The van der Waals surface area contributed by atoms with Gasteiger partial charge in [0.25, 0.3) is 0 Å². The second kappa shape index (κ2) is 7.98. The number of hydrogen-bond donors (Lipinski definition) is 1. The van der Waals surface area contributed by atoms with Gasteiger partial charge in [0.05, 0.1) is 24.3 Å². The first-order chi connectivity index (χ1) is 15.1. The minimum atomic E-state index is -0.306. The minimum absolute atomic E-state index is 0.0516. The lowest BCUT2D eigenvalue weighted by molar-refractivity contribution is -0.131. The van der Waals surface area contributed by atoms with E-state index in [4.69, 9.17) is 0 Å². The molecule has 5 rings (SSSR count). The molecule has 2 aromatic carbocycles. The van der Waals surface area contributed by atoms with E-state index in [9.17, 15) is 9.18 Å². The summed E-state index contributed by atoms with van der Waals surface area (Å²) in [6.45, 7) is 3.55. The van der Waals surface area contributed by atoms with Crippen molar-refractivity contribution in [1.82, 2.24) is 24.9 Å². The Morgan fingerprint density at radius 3 is 2.90 bits per heavy atom. The molecule has 1 saturated heterocycles. The molecule has 1 N–H and O–H groups in total. The highest BCUT2D eigenvalue weighted by Crippen LogP contribution is 2.28. The molecule has 2 atom stereocenters. The number of aromatic nitrogens is 4. The van der Waals surface area contributed by atoms with Gasteiger partial charge in [-0.1, -0.05) is 18.2 Å². The van der Waals surface area contributed by atoms with E-state index in [1.165, 1.54) is 12.1 Å². The summed E-state index contributed by atoms with van der Waals surface area (Å²) in [6, 6.07) is 12.7. The molecular weight excluding hydrogens is 393 g/mol. The van der Waals surface area contributed by atoms with Crippen molar-refractivity contribution in [1.29, 1.82) is 0 Å². The zero-order valence-electron chi connectivity index (χ0n) is 17.3. The molecule has 7 heteroatoms. The molecule has 3 heterocycles. The smallest absolute Gasteiger partial charge is 0.227 e. The van der Waals surface area contributed by atoms with Gasteiger partial charge in [0.15, 0.2) is 0 Å². The standard InChI is InChI=1S/C24H24FN5O/c1-16-7-18(14-29(16)24(31)9-17-3-2-4-22(25)8-17)15-30-23-6-5-19(10-20(23)13-28-30)21-11-26-27-12-21/h2-6,8,10-13,16,18H,7,9,14-15H2,1H3,(H,26,27)/t16-,18?/m0/s1. The van der Waals surface area contributed by atoms with Crippen LogP contribution in [0.4, 0.5) is 4.39 Å². The second-order valence-electron chi connectivity index (χ2n) is 8.39. The van der Waals surface area contributed by atoms with Crippen LogP contribution in [0.1, 0.15) is 18.9 Å². The first kappa shape index (κ1) is 19.5. The largest absolute Gasteiger partial charge is 0.339 e. The van der Waals surface area contributed by atoms with Crippen LogP contribution < -0.4 is 0 Å². The van der Waals surface area contributed by atoms with Crippen LogP contribution in [0.5, 0.6) is 0 Å². The van der Waals surface area contributed by atoms with E-state index >= 15 is 0 Å². The Morgan fingerprint density at radius 2 is 2.10 bits per heavy atom. The Bertz CT molecular complexity index is 1220. The van der Waals surface area contributed by atoms with E-state index in [0.29, 0.717) is 18.0 Å². The third-order valence-electron chi connectivity index (χ3n) is 6.13. The molecular formula is C24H24FN5O. The number of aromatic amines is 1. The monoisotopic (exact) mass is 417 g/mol. The van der Waals surface area contributed by atoms with Gasteiger partial charge >= 0.3 is 0 Å². The molecule has 0 bridgehead atoms. The lowest BCUT2D eigenvalue weighted by Gasteiger charge is -2.21. The van der Waals surface area contributed by atoms with Crippen molar-refractivity contribution in [2.24, 2.45) is 5.92 Å². The lowest BCUT2D eigenvalue weighted by atomic mass is 10.1. The highest BCUT2D eigenvalue weighted by molar-refractivity contribution is 5.84. The third kappa shape index (κ3) is 3.95. The number of nitrogens with one attached hydrogen (secondary N) is 1. The molecule has 0 spiro atoms. The lowest BCUT2D eigenvalue weighted by Crippen LogP contribution is -2.35. The quantitative estimate of drug-likeness (QED) is 0.533. The summed E-state index contributed by atoms with van der Waals surface area (Å²) in [7, 11) is 0. The molecule has 1 aliphatic heterocycles. The van der Waals surface area contributed by atoms with Crippen molar-refractivity contribution in [2.45, 2.75) is 32.4 Å². The maximum Gasteiger partial charge on any atom is 0.227 e. The van der Waals surface area contributed by atoms with E-state index in [2.05, 4.69) is 40.4 Å². The first-order valence-electron chi connectivity index (χ1n) is 10.6. The molecule has 158 valence electrons. The summed E-state index contributed by atoms with van der Waals surface area (Å²) in [5.41, 5.74) is 3.95. The summed E-state index contributed by atoms with van der Waals surface area (Å²) >= 11 is 0. The third-order valence-corrected chi connectivity index (χ3v) is 6.13. The summed E-state index contributed by atoms with van der Waals surface area (Å²) in [5.74, 6) is 0.0814. The maximum atomic E-state index is 13.4. The maximum absolute atomic E-state index is 13.4. The van der Waals surface area contributed by atoms with E-state index in [0.717, 1.165) is 35.0 Å². The molecule has 1 amide bonds. The number of amides is 1. The highest BCUT2D eigenvalue weighted by atomic mass is 19.1. The zero-order valence-corrected chi connectivity index (χ0v) is 17.3. The number of rotatable bonds is 5. The van der Waals surface area contributed by atoms with Crippen molar-refractivity contribution >= 4 is 16.8 Å². The van der Waals surface area contributed by atoms with E-state index in [-0.39, 0.29) is 24.2 Å². The molecule has 0 radical (unpaired) electrons. The van der Waals surface area contributed by atoms with Gasteiger partial charge in [0.1, 0.15) is 5.82 Å². The number of carbonyl (C=O) groups excluding carboxylic acids is 1. The Hall–Kier alpha value is -3.48. The van der Waals surface area contributed by atoms with Crippen molar-refractivity contribution in [3.63, 3.8) is 0 Å². The SMILES string of the molecule is C[C@H]1CC(Cn2ncc3cc(-c4cn[nH]c4)ccc32)CN1C(=O)Cc1cccc(F)c1. The van der Waals surface area contributed by atoms with Crippen molar-refractivity contribution in [3.05, 3.63) is 72.4 Å². The van der Waals surface area contributed by atoms with Crippen LogP contribution in [0.3, 0.4) is 0 Å². The van der Waals surface area contributed by atoms with Gasteiger partial charge in [-0.3, -0.25) is 14.6 Å². The first-order valence-corrected chi connectivity index (χ1v) is 10.6. The number of halogens is 1. The molecule has 1 aliphatic rings. The van der Waals surface area contributed by atoms with Crippen LogP contribution >= 0.6 is 0 Å². The second-order valence-corrected chi connectivity index (χ2v) is 8.39. The van der Waals surface area contributed by atoms with Gasteiger partial charge in [-0.2, -0.15) is 10.2 Å². The number of fused-ring (bicyclic) bond motifs is 1. The van der Waals surface area contributed by atoms with Gasteiger partial charge in [0.2, 0.25) is 5.91 Å². The number of hydrogen-bond acceptors (Lipinski definition) is 3. The summed E-state index contributed by atoms with van der Waals surface area (Å²) < 4.78 is 15.5. The summed E-state index contributed by atoms with van der Waals surface area (Å²) in [6.07, 6.45) is 6.74. The van der Waals surface area contributed by atoms with Gasteiger partial charge in [-0.05, 0) is 54.7 Å². The normalized spacial score (nSPS) is 18.7. The van der Waals surface area contributed by atoms with Crippen LogP contribution in [-0.2, 0) is 17.8 Å². The van der Waals surface area contributed by atoms with Crippen LogP contribution in [0.25, 0.3) is 22.0 Å². The van der Waals surface area contributed by atoms with Crippen LogP contribution in [0.15, 0.2) is 61.1 Å². The molecule has 1 unspecified atom stereocenters. The molecule has 31 heavy (non-hydrogen) atoms. The number of likely N-dealkylation sites (tertiary alicyclic amines) is 1. The van der Waals surface area contributed by atoms with E-state index in [1.54, 1.807) is 18.3 Å².